The maximum Gasteiger partial charge on any atom is 0.215 e. The van der Waals surface area contributed by atoms with E-state index in [0.29, 0.717) is 19.6 Å². The monoisotopic (exact) mass is 426 g/mol. The number of hydrogen-bond donors (Lipinski definition) is 1. The molecule has 3 rings (SSSR count). The van der Waals surface area contributed by atoms with E-state index in [0.717, 1.165) is 49.1 Å². The molecule has 0 bridgehead atoms. The number of nitrogens with one attached hydrogen (secondary N) is 1. The maximum absolute atomic E-state index is 12.5. The van der Waals surface area contributed by atoms with Crippen LogP contribution < -0.4 is 10.1 Å². The number of rotatable bonds is 6. The molecule has 2 heterocycles. The van der Waals surface area contributed by atoms with Crippen molar-refractivity contribution in [3.05, 3.63) is 30.3 Å². The van der Waals surface area contributed by atoms with Gasteiger partial charge in [-0.05, 0) is 12.1 Å². The molecule has 0 radical (unpaired) electrons. The number of ether oxygens (including phenoxy) is 1. The summed E-state index contributed by atoms with van der Waals surface area (Å²) in [6, 6.07) is 9.90. The van der Waals surface area contributed by atoms with Crippen molar-refractivity contribution in [1.82, 2.24) is 14.5 Å². The summed E-state index contributed by atoms with van der Waals surface area (Å²) < 4.78 is 32.6. The molecule has 0 amide bonds. The van der Waals surface area contributed by atoms with Crippen LogP contribution in [0.15, 0.2) is 35.3 Å². The van der Waals surface area contributed by atoms with Gasteiger partial charge in [-0.2, -0.15) is 11.8 Å². The Labute approximate surface area is 172 Å². The van der Waals surface area contributed by atoms with Gasteiger partial charge in [-0.1, -0.05) is 18.2 Å². The lowest BCUT2D eigenvalue weighted by molar-refractivity contribution is 0.129. The first kappa shape index (κ1) is 21.3. The standard InChI is InChI=1S/C19H30N4O3S2/c1-20-19(21-9-16-28(24,25)23-12-14-27-15-13-23)22-10-7-18(8-11-22)26-17-5-3-2-4-6-17/h2-6,18H,7-16H2,1H3,(H,20,21). The number of benzene rings is 1. The van der Waals surface area contributed by atoms with Crippen LogP contribution in [0.5, 0.6) is 5.75 Å². The zero-order chi connectivity index (χ0) is 19.8. The fourth-order valence-corrected chi connectivity index (χ4v) is 5.95. The highest BCUT2D eigenvalue weighted by atomic mass is 32.2. The quantitative estimate of drug-likeness (QED) is 0.549. The van der Waals surface area contributed by atoms with Gasteiger partial charge >= 0.3 is 0 Å². The van der Waals surface area contributed by atoms with Gasteiger partial charge in [0.15, 0.2) is 5.96 Å². The number of sulfonamides is 1. The van der Waals surface area contributed by atoms with Crippen molar-refractivity contribution >= 4 is 27.7 Å². The Bertz CT molecular complexity index is 729. The minimum atomic E-state index is -3.20. The topological polar surface area (TPSA) is 74.2 Å². The highest BCUT2D eigenvalue weighted by molar-refractivity contribution is 7.99. The average molecular weight is 427 g/mol. The van der Waals surface area contributed by atoms with Crippen molar-refractivity contribution in [3.63, 3.8) is 0 Å². The molecule has 1 aromatic carbocycles. The van der Waals surface area contributed by atoms with E-state index in [4.69, 9.17) is 4.74 Å². The van der Waals surface area contributed by atoms with Gasteiger partial charge in [0.1, 0.15) is 11.9 Å². The van der Waals surface area contributed by atoms with Crippen LogP contribution in [-0.2, 0) is 10.0 Å². The molecule has 0 unspecified atom stereocenters. The molecule has 28 heavy (non-hydrogen) atoms. The largest absolute Gasteiger partial charge is 0.490 e. The average Bonchev–Trinajstić information content (AvgIpc) is 2.73. The molecule has 0 aromatic heterocycles. The van der Waals surface area contributed by atoms with Gasteiger partial charge < -0.3 is 15.0 Å². The number of piperidine rings is 1. The molecule has 0 aliphatic carbocycles. The fourth-order valence-electron chi connectivity index (χ4n) is 3.45. The van der Waals surface area contributed by atoms with E-state index in [9.17, 15) is 8.42 Å². The lowest BCUT2D eigenvalue weighted by Crippen LogP contribution is -2.49. The third-order valence-electron chi connectivity index (χ3n) is 5.01. The maximum atomic E-state index is 12.5. The van der Waals surface area contributed by atoms with Crippen molar-refractivity contribution in [1.29, 1.82) is 0 Å². The first-order valence-electron chi connectivity index (χ1n) is 9.81. The Hall–Kier alpha value is -1.45. The van der Waals surface area contributed by atoms with E-state index in [2.05, 4.69) is 15.2 Å². The predicted molar refractivity (Wildman–Crippen MR) is 116 cm³/mol. The van der Waals surface area contributed by atoms with E-state index in [-0.39, 0.29) is 11.9 Å². The summed E-state index contributed by atoms with van der Waals surface area (Å²) in [4.78, 5) is 6.51. The Morgan fingerprint density at radius 3 is 2.50 bits per heavy atom. The van der Waals surface area contributed by atoms with E-state index >= 15 is 0 Å². The van der Waals surface area contributed by atoms with Crippen molar-refractivity contribution in [2.75, 3.05) is 57.0 Å². The molecule has 1 N–H and O–H groups in total. The van der Waals surface area contributed by atoms with Gasteiger partial charge in [-0.3, -0.25) is 4.99 Å². The predicted octanol–water partition coefficient (Wildman–Crippen LogP) is 1.48. The number of hydrogen-bond acceptors (Lipinski definition) is 5. The highest BCUT2D eigenvalue weighted by Crippen LogP contribution is 2.18. The summed E-state index contributed by atoms with van der Waals surface area (Å²) in [5, 5.41) is 3.22. The van der Waals surface area contributed by atoms with E-state index in [1.807, 2.05) is 42.1 Å². The Morgan fingerprint density at radius 1 is 1.18 bits per heavy atom. The third-order valence-corrected chi connectivity index (χ3v) is 7.82. The van der Waals surface area contributed by atoms with Crippen molar-refractivity contribution in [2.24, 2.45) is 4.99 Å². The minimum absolute atomic E-state index is 0.101. The van der Waals surface area contributed by atoms with Gasteiger partial charge in [0.2, 0.25) is 10.0 Å². The molecular weight excluding hydrogens is 396 g/mol. The molecule has 2 aliphatic heterocycles. The summed E-state index contributed by atoms with van der Waals surface area (Å²) >= 11 is 1.81. The Morgan fingerprint density at radius 2 is 1.86 bits per heavy atom. The third kappa shape index (κ3) is 6.02. The highest BCUT2D eigenvalue weighted by Gasteiger charge is 2.25. The normalized spacial score (nSPS) is 20.2. The van der Waals surface area contributed by atoms with Gasteiger partial charge in [-0.15, -0.1) is 0 Å². The second-order valence-electron chi connectivity index (χ2n) is 6.92. The first-order chi connectivity index (χ1) is 13.6. The molecule has 7 nitrogen and oxygen atoms in total. The van der Waals surface area contributed by atoms with Gasteiger partial charge in [0.25, 0.3) is 0 Å². The molecule has 2 aliphatic rings. The lowest BCUT2D eigenvalue weighted by Gasteiger charge is -2.34. The van der Waals surface area contributed by atoms with Crippen LogP contribution in [0.2, 0.25) is 0 Å². The second kappa shape index (κ2) is 10.4. The molecule has 2 saturated heterocycles. The lowest BCUT2D eigenvalue weighted by atomic mass is 10.1. The van der Waals surface area contributed by atoms with Crippen LogP contribution in [0.25, 0.3) is 0 Å². The van der Waals surface area contributed by atoms with Gasteiger partial charge in [0, 0.05) is 64.1 Å². The first-order valence-corrected chi connectivity index (χ1v) is 12.6. The molecule has 156 valence electrons. The second-order valence-corrected chi connectivity index (χ2v) is 10.2. The summed E-state index contributed by atoms with van der Waals surface area (Å²) in [7, 11) is -1.46. The summed E-state index contributed by atoms with van der Waals surface area (Å²) in [5.41, 5.74) is 0. The van der Waals surface area contributed by atoms with Crippen LogP contribution in [0.1, 0.15) is 12.8 Å². The van der Waals surface area contributed by atoms with Gasteiger partial charge in [0.05, 0.1) is 5.75 Å². The van der Waals surface area contributed by atoms with Crippen LogP contribution in [0.3, 0.4) is 0 Å². The van der Waals surface area contributed by atoms with Crippen molar-refractivity contribution in [2.45, 2.75) is 18.9 Å². The van der Waals surface area contributed by atoms with E-state index in [1.165, 1.54) is 0 Å². The number of thioether (sulfide) groups is 1. The number of para-hydroxylation sites is 1. The fraction of sp³-hybridized carbons (Fsp3) is 0.632. The van der Waals surface area contributed by atoms with Crippen LogP contribution in [0.4, 0.5) is 0 Å². The number of nitrogens with zero attached hydrogens (tertiary/aromatic N) is 3. The SMILES string of the molecule is CN=C(NCCS(=O)(=O)N1CCSCC1)N1CCC(Oc2ccccc2)CC1. The molecule has 0 atom stereocenters. The van der Waals surface area contributed by atoms with Crippen LogP contribution in [-0.4, -0.2) is 86.7 Å². The molecule has 2 fully saturated rings. The summed E-state index contributed by atoms with van der Waals surface area (Å²) in [6.45, 7) is 3.30. The molecular formula is C19H30N4O3S2. The molecule has 1 aromatic rings. The zero-order valence-corrected chi connectivity index (χ0v) is 18.1. The summed E-state index contributed by atoms with van der Waals surface area (Å²) in [6.07, 6.45) is 2.03. The van der Waals surface area contributed by atoms with Crippen molar-refractivity contribution < 1.29 is 13.2 Å². The Balaban J connectivity index is 1.42. The van der Waals surface area contributed by atoms with Gasteiger partial charge in [-0.25, -0.2) is 12.7 Å². The molecule has 0 saturated carbocycles. The zero-order valence-electron chi connectivity index (χ0n) is 16.4. The van der Waals surface area contributed by atoms with Crippen molar-refractivity contribution in [3.8, 4) is 5.75 Å². The van der Waals surface area contributed by atoms with Crippen LogP contribution >= 0.6 is 11.8 Å². The van der Waals surface area contributed by atoms with E-state index in [1.54, 1.807) is 11.4 Å². The minimum Gasteiger partial charge on any atom is -0.490 e. The summed E-state index contributed by atoms with van der Waals surface area (Å²) in [5.74, 6) is 3.54. The Kier molecular flexibility index (Phi) is 7.87. The number of aliphatic imine (C=N–C) groups is 1. The van der Waals surface area contributed by atoms with Crippen LogP contribution in [0, 0.1) is 0 Å². The smallest absolute Gasteiger partial charge is 0.215 e. The van der Waals surface area contributed by atoms with E-state index < -0.39 is 10.0 Å². The molecule has 0 spiro atoms. The number of likely N-dealkylation sites (tertiary alicyclic amines) is 1. The number of guanidine groups is 1. The molecule has 9 heteroatoms.